The highest BCUT2D eigenvalue weighted by Crippen LogP contribution is 2.61. The van der Waals surface area contributed by atoms with Crippen molar-refractivity contribution in [3.63, 3.8) is 0 Å². The van der Waals surface area contributed by atoms with Crippen LogP contribution in [0.2, 0.25) is 10.0 Å². The molecule has 3 N–H and O–H groups in total. The van der Waals surface area contributed by atoms with Crippen LogP contribution in [-0.2, 0) is 6.42 Å². The normalized spacial score (nSPS) is 28.9. The highest BCUT2D eigenvalue weighted by atomic mass is 35.5. The van der Waals surface area contributed by atoms with Crippen molar-refractivity contribution in [2.45, 2.75) is 65.1 Å². The summed E-state index contributed by atoms with van der Waals surface area (Å²) in [6.07, 6.45) is 2.60. The Morgan fingerprint density at radius 1 is 1.12 bits per heavy atom. The molecule has 2 aromatic rings. The summed E-state index contributed by atoms with van der Waals surface area (Å²) in [5, 5.41) is 18.2. The van der Waals surface area contributed by atoms with Gasteiger partial charge in [0.15, 0.2) is 5.96 Å². The quantitative estimate of drug-likeness (QED) is 0.228. The Labute approximate surface area is 263 Å². The second kappa shape index (κ2) is 11.7. The highest BCUT2D eigenvalue weighted by molar-refractivity contribution is 6.35. The van der Waals surface area contributed by atoms with Gasteiger partial charge in [-0.25, -0.2) is 4.99 Å². The molecule has 8 nitrogen and oxygen atoms in total. The third kappa shape index (κ3) is 5.56. The Kier molecular flexibility index (Phi) is 8.26. The monoisotopic (exact) mass is 625 g/mol. The number of amides is 2. The van der Waals surface area contributed by atoms with Crippen molar-refractivity contribution >= 4 is 46.7 Å². The SMILES string of the molecule is C[C@@H]1[C@@H](N=C(Nc2ccc3c(c2)C(=O)N(C(CO)Cc2ccc(Cl)cc2Cl)C3=O)N2CCN[C@@H](C)C2)C[C@@H]2C[C@H]1C2(C)C. The van der Waals surface area contributed by atoms with Crippen molar-refractivity contribution in [3.05, 3.63) is 63.1 Å². The first-order valence-corrected chi connectivity index (χ1v) is 16.1. The van der Waals surface area contributed by atoms with Crippen molar-refractivity contribution in [2.75, 3.05) is 31.6 Å². The molecule has 7 rings (SSSR count). The number of aliphatic imine (C=N–C) groups is 1. The minimum Gasteiger partial charge on any atom is -0.394 e. The van der Waals surface area contributed by atoms with Gasteiger partial charge in [0.1, 0.15) is 0 Å². The smallest absolute Gasteiger partial charge is 0.261 e. The van der Waals surface area contributed by atoms with Crippen molar-refractivity contribution in [1.29, 1.82) is 0 Å². The molecule has 4 fully saturated rings. The number of aliphatic hydroxyl groups excluding tert-OH is 1. The van der Waals surface area contributed by atoms with Crippen LogP contribution in [0.25, 0.3) is 0 Å². The zero-order valence-corrected chi connectivity index (χ0v) is 26.8. The van der Waals surface area contributed by atoms with Gasteiger partial charge in [-0.2, -0.15) is 0 Å². The number of imide groups is 1. The molecule has 6 atom stereocenters. The van der Waals surface area contributed by atoms with E-state index in [1.54, 1.807) is 30.3 Å². The van der Waals surface area contributed by atoms with Crippen LogP contribution in [0.1, 0.15) is 66.8 Å². The Hall–Kier alpha value is -2.65. The van der Waals surface area contributed by atoms with E-state index < -0.39 is 17.9 Å². The number of carbonyl (C=O) groups excluding carboxylic acids is 2. The summed E-state index contributed by atoms with van der Waals surface area (Å²) in [7, 11) is 0. The molecule has 2 aromatic carbocycles. The van der Waals surface area contributed by atoms with Crippen molar-refractivity contribution in [3.8, 4) is 0 Å². The molecule has 0 spiro atoms. The van der Waals surface area contributed by atoms with Crippen LogP contribution < -0.4 is 10.6 Å². The van der Waals surface area contributed by atoms with E-state index in [1.165, 1.54) is 6.42 Å². The number of guanidine groups is 1. The first-order valence-electron chi connectivity index (χ1n) is 15.4. The fourth-order valence-corrected chi connectivity index (χ4v) is 8.23. The molecule has 1 saturated heterocycles. The van der Waals surface area contributed by atoms with Crippen LogP contribution in [0.5, 0.6) is 0 Å². The summed E-state index contributed by atoms with van der Waals surface area (Å²) in [6.45, 7) is 11.5. The van der Waals surface area contributed by atoms with E-state index in [0.717, 1.165) is 36.9 Å². The Bertz CT molecular complexity index is 1460. The number of nitrogens with zero attached hydrogens (tertiary/aromatic N) is 3. The highest BCUT2D eigenvalue weighted by Gasteiger charge is 2.56. The zero-order valence-electron chi connectivity index (χ0n) is 25.2. The lowest BCUT2D eigenvalue weighted by molar-refractivity contribution is -0.108. The van der Waals surface area contributed by atoms with E-state index in [2.05, 4.69) is 43.2 Å². The van der Waals surface area contributed by atoms with E-state index in [0.29, 0.717) is 61.6 Å². The second-order valence-corrected chi connectivity index (χ2v) is 14.3. The number of carbonyl (C=O) groups is 2. The van der Waals surface area contributed by atoms with Gasteiger partial charge in [-0.15, -0.1) is 0 Å². The molecule has 2 amide bonds. The molecule has 0 radical (unpaired) electrons. The molecule has 1 unspecified atom stereocenters. The van der Waals surface area contributed by atoms with Gasteiger partial charge in [0.2, 0.25) is 0 Å². The number of benzene rings is 2. The van der Waals surface area contributed by atoms with E-state index >= 15 is 0 Å². The Morgan fingerprint density at radius 2 is 1.88 bits per heavy atom. The fourth-order valence-electron chi connectivity index (χ4n) is 7.74. The lowest BCUT2D eigenvalue weighted by Gasteiger charge is -2.61. The van der Waals surface area contributed by atoms with Gasteiger partial charge in [-0.05, 0) is 85.3 Å². The maximum atomic E-state index is 13.6. The van der Waals surface area contributed by atoms with Gasteiger partial charge in [-0.1, -0.05) is 50.0 Å². The molecule has 3 aliphatic carbocycles. The summed E-state index contributed by atoms with van der Waals surface area (Å²) < 4.78 is 0. The van der Waals surface area contributed by atoms with Gasteiger partial charge < -0.3 is 20.6 Å². The summed E-state index contributed by atoms with van der Waals surface area (Å²) in [5.74, 6) is 1.85. The predicted octanol–water partition coefficient (Wildman–Crippen LogP) is 5.33. The summed E-state index contributed by atoms with van der Waals surface area (Å²) in [5.41, 5.74) is 2.44. The summed E-state index contributed by atoms with van der Waals surface area (Å²) in [4.78, 5) is 35.9. The van der Waals surface area contributed by atoms with Gasteiger partial charge in [-0.3, -0.25) is 14.5 Å². The molecular formula is C33H41Cl2N5O3. The van der Waals surface area contributed by atoms with Crippen molar-refractivity contribution in [1.82, 2.24) is 15.1 Å². The van der Waals surface area contributed by atoms with E-state index in [1.807, 2.05) is 6.07 Å². The van der Waals surface area contributed by atoms with Gasteiger partial charge in [0.05, 0.1) is 29.8 Å². The maximum absolute atomic E-state index is 13.6. The van der Waals surface area contributed by atoms with Crippen molar-refractivity contribution < 1.29 is 14.7 Å². The van der Waals surface area contributed by atoms with Gasteiger partial charge >= 0.3 is 0 Å². The van der Waals surface area contributed by atoms with Gasteiger partial charge in [0, 0.05) is 41.4 Å². The molecule has 5 aliphatic rings. The number of hydrogen-bond acceptors (Lipinski definition) is 5. The number of anilines is 1. The van der Waals surface area contributed by atoms with Gasteiger partial charge in [0.25, 0.3) is 11.8 Å². The van der Waals surface area contributed by atoms with Crippen LogP contribution in [-0.4, -0.2) is 77.0 Å². The lowest BCUT2D eigenvalue weighted by atomic mass is 9.45. The number of fused-ring (bicyclic) bond motifs is 3. The minimum absolute atomic E-state index is 0.222. The average Bonchev–Trinajstić information content (AvgIpc) is 3.21. The first-order chi connectivity index (χ1) is 20.5. The number of halogens is 2. The Balaban J connectivity index is 1.25. The van der Waals surface area contributed by atoms with Crippen LogP contribution in [0.4, 0.5) is 5.69 Å². The average molecular weight is 627 g/mol. The fraction of sp³-hybridized carbons (Fsp3) is 0.545. The van der Waals surface area contributed by atoms with E-state index in [-0.39, 0.29) is 19.1 Å². The maximum Gasteiger partial charge on any atom is 0.261 e. The molecule has 2 bridgehead atoms. The summed E-state index contributed by atoms with van der Waals surface area (Å²) >= 11 is 12.4. The molecule has 3 saturated carbocycles. The van der Waals surface area contributed by atoms with Crippen molar-refractivity contribution in [2.24, 2.45) is 28.2 Å². The third-order valence-electron chi connectivity index (χ3n) is 10.5. The third-order valence-corrected chi connectivity index (χ3v) is 11.1. The number of aliphatic hydroxyl groups is 1. The molecule has 230 valence electrons. The zero-order chi connectivity index (χ0) is 30.6. The molecule has 2 aliphatic heterocycles. The van der Waals surface area contributed by atoms with Crippen LogP contribution >= 0.6 is 23.2 Å². The largest absolute Gasteiger partial charge is 0.394 e. The number of nitrogens with one attached hydrogen (secondary N) is 2. The van der Waals surface area contributed by atoms with Crippen LogP contribution in [0.15, 0.2) is 41.4 Å². The number of piperazine rings is 1. The van der Waals surface area contributed by atoms with Crippen LogP contribution in [0, 0.1) is 23.2 Å². The standard InChI is InChI=1S/C33H41Cl2N5O3/c1-18-16-39(10-9-36-18)32(38-29-13-21-12-27(19(29)2)33(21,3)4)37-23-7-8-25-26(15-23)31(43)40(30(25)42)24(17-41)11-20-5-6-22(34)14-28(20)35/h5-8,14-15,18-19,21,24,27,29,36,41H,9-13,16-17H2,1-4H3,(H,37,38)/t18-,19-,21-,24?,27+,29-/m0/s1. The lowest BCUT2D eigenvalue weighted by Crippen LogP contribution is -2.57. The molecule has 0 aromatic heterocycles. The molecular weight excluding hydrogens is 585 g/mol. The number of rotatable bonds is 6. The predicted molar refractivity (Wildman–Crippen MR) is 171 cm³/mol. The minimum atomic E-state index is -0.759. The molecule has 43 heavy (non-hydrogen) atoms. The number of hydrogen-bond donors (Lipinski definition) is 3. The molecule has 2 heterocycles. The first kappa shape index (κ1) is 30.4. The summed E-state index contributed by atoms with van der Waals surface area (Å²) in [6, 6.07) is 10.2. The van der Waals surface area contributed by atoms with E-state index in [9.17, 15) is 14.7 Å². The topological polar surface area (TPSA) is 97.3 Å². The van der Waals surface area contributed by atoms with E-state index in [4.69, 9.17) is 28.2 Å². The second-order valence-electron chi connectivity index (χ2n) is 13.4. The Morgan fingerprint density at radius 3 is 2.56 bits per heavy atom. The molecule has 10 heteroatoms. The van der Waals surface area contributed by atoms with Crippen LogP contribution in [0.3, 0.4) is 0 Å².